The van der Waals surface area contributed by atoms with Crippen molar-refractivity contribution in [3.8, 4) is 0 Å². The second-order valence-electron chi connectivity index (χ2n) is 6.60. The lowest BCUT2D eigenvalue weighted by Crippen LogP contribution is -2.60. The third kappa shape index (κ3) is 2.81. The monoisotopic (exact) mass is 291 g/mol. The first-order valence-corrected chi connectivity index (χ1v) is 13.3. The number of anilines is 1. The maximum Gasteiger partial charge on any atom is 0.183 e. The number of aromatic nitrogens is 4. The van der Waals surface area contributed by atoms with Crippen LogP contribution in [0.5, 0.6) is 0 Å². The largest absolute Gasteiger partial charge is 0.408 e. The van der Waals surface area contributed by atoms with E-state index in [0.717, 1.165) is 11.3 Å². The molecule has 0 unspecified atom stereocenters. The van der Waals surface area contributed by atoms with E-state index >= 15 is 0 Å². The van der Waals surface area contributed by atoms with Gasteiger partial charge in [0.2, 0.25) is 0 Å². The van der Waals surface area contributed by atoms with E-state index in [2.05, 4.69) is 63.4 Å². The molecule has 0 aromatic carbocycles. The van der Waals surface area contributed by atoms with Gasteiger partial charge in [-0.1, -0.05) is 39.3 Å². The van der Waals surface area contributed by atoms with Gasteiger partial charge in [0.1, 0.15) is 34.1 Å². The molecule has 0 aliphatic heterocycles. The standard InChI is InChI=1S/C12H21N5Si2/c1-18(2,3)17(19(4,5)6)12-10-11(15-9-16-12)14-8-7-13-10/h7-9H,1-6H3. The quantitative estimate of drug-likeness (QED) is 0.814. The Morgan fingerprint density at radius 3 is 1.95 bits per heavy atom. The molecule has 2 rings (SSSR count). The van der Waals surface area contributed by atoms with Gasteiger partial charge in [-0.05, 0) is 0 Å². The average molecular weight is 292 g/mol. The number of hydrogen-bond acceptors (Lipinski definition) is 5. The highest BCUT2D eigenvalue weighted by Gasteiger charge is 2.36. The molecule has 5 nitrogen and oxygen atoms in total. The summed E-state index contributed by atoms with van der Waals surface area (Å²) in [7, 11) is -3.09. The lowest BCUT2D eigenvalue weighted by Gasteiger charge is -2.44. The van der Waals surface area contributed by atoms with Crippen LogP contribution >= 0.6 is 0 Å². The van der Waals surface area contributed by atoms with Crippen LogP contribution in [0.3, 0.4) is 0 Å². The first-order valence-electron chi connectivity index (χ1n) is 6.43. The third-order valence-electron chi connectivity index (χ3n) is 2.80. The molecule has 7 heteroatoms. The topological polar surface area (TPSA) is 54.8 Å². The van der Waals surface area contributed by atoms with E-state index in [1.54, 1.807) is 18.7 Å². The average Bonchev–Trinajstić information content (AvgIpc) is 2.25. The molecule has 0 radical (unpaired) electrons. The fourth-order valence-corrected chi connectivity index (χ4v) is 12.2. The van der Waals surface area contributed by atoms with E-state index < -0.39 is 16.5 Å². The van der Waals surface area contributed by atoms with Crippen molar-refractivity contribution in [3.63, 3.8) is 0 Å². The van der Waals surface area contributed by atoms with E-state index in [1.165, 1.54) is 0 Å². The zero-order chi connectivity index (χ0) is 14.3. The maximum atomic E-state index is 4.52. The van der Waals surface area contributed by atoms with Crippen LogP contribution in [0.25, 0.3) is 11.2 Å². The molecular weight excluding hydrogens is 270 g/mol. The highest BCUT2D eigenvalue weighted by molar-refractivity contribution is 6.99. The molecular formula is C12H21N5Si2. The molecule has 0 fully saturated rings. The van der Waals surface area contributed by atoms with E-state index in [1.807, 2.05) is 0 Å². The predicted molar refractivity (Wildman–Crippen MR) is 84.3 cm³/mol. The molecule has 0 saturated carbocycles. The molecule has 0 spiro atoms. The van der Waals surface area contributed by atoms with Crippen LogP contribution in [0.1, 0.15) is 0 Å². The summed E-state index contributed by atoms with van der Waals surface area (Å²) in [5, 5.41) is 0. The second kappa shape index (κ2) is 4.64. The fourth-order valence-electron chi connectivity index (χ4n) is 2.59. The van der Waals surface area contributed by atoms with Crippen molar-refractivity contribution >= 4 is 33.5 Å². The van der Waals surface area contributed by atoms with Crippen molar-refractivity contribution in [3.05, 3.63) is 18.7 Å². The summed E-state index contributed by atoms with van der Waals surface area (Å²) in [6.07, 6.45) is 4.98. The summed E-state index contributed by atoms with van der Waals surface area (Å²) in [5.41, 5.74) is 1.49. The Hall–Kier alpha value is -1.35. The first kappa shape index (κ1) is 14.1. The first-order chi connectivity index (χ1) is 8.71. The van der Waals surface area contributed by atoms with Gasteiger partial charge in [0.15, 0.2) is 5.65 Å². The molecule has 0 atom stereocenters. The molecule has 0 aliphatic rings. The van der Waals surface area contributed by atoms with Gasteiger partial charge in [0.25, 0.3) is 0 Å². The van der Waals surface area contributed by atoms with Crippen molar-refractivity contribution in [1.82, 2.24) is 19.9 Å². The van der Waals surface area contributed by atoms with Crippen LogP contribution in [0.4, 0.5) is 5.82 Å². The van der Waals surface area contributed by atoms with Gasteiger partial charge >= 0.3 is 0 Å². The molecule has 0 saturated heterocycles. The van der Waals surface area contributed by atoms with Gasteiger partial charge in [0.05, 0.1) is 0 Å². The minimum absolute atomic E-state index is 0.675. The Morgan fingerprint density at radius 2 is 1.37 bits per heavy atom. The van der Waals surface area contributed by atoms with Crippen LogP contribution in [0.2, 0.25) is 39.3 Å². The molecule has 2 aromatic rings. The molecule has 2 heterocycles. The SMILES string of the molecule is C[Si](C)(C)N(c1ncnc2nccnc12)[Si](C)(C)C. The minimum atomic E-state index is -1.54. The zero-order valence-corrected chi connectivity index (χ0v) is 14.5. The molecule has 0 aliphatic carbocycles. The summed E-state index contributed by atoms with van der Waals surface area (Å²) in [4.78, 5) is 17.5. The van der Waals surface area contributed by atoms with E-state index in [0.29, 0.717) is 5.65 Å². The smallest absolute Gasteiger partial charge is 0.183 e. The Labute approximate surface area is 116 Å². The van der Waals surface area contributed by atoms with Crippen molar-refractivity contribution in [2.24, 2.45) is 0 Å². The van der Waals surface area contributed by atoms with Gasteiger partial charge in [-0.15, -0.1) is 0 Å². The fraction of sp³-hybridized carbons (Fsp3) is 0.500. The van der Waals surface area contributed by atoms with Crippen molar-refractivity contribution < 1.29 is 0 Å². The Morgan fingerprint density at radius 1 is 0.789 bits per heavy atom. The van der Waals surface area contributed by atoms with E-state index in [-0.39, 0.29) is 0 Å². The summed E-state index contributed by atoms with van der Waals surface area (Å²) in [6, 6.07) is 0. The van der Waals surface area contributed by atoms with Crippen LogP contribution in [0.15, 0.2) is 18.7 Å². The van der Waals surface area contributed by atoms with Gasteiger partial charge in [-0.3, -0.25) is 0 Å². The molecule has 0 bridgehead atoms. The number of hydrogen-bond donors (Lipinski definition) is 0. The van der Waals surface area contributed by atoms with Gasteiger partial charge in [0, 0.05) is 12.4 Å². The summed E-state index contributed by atoms with van der Waals surface area (Å²) in [5.74, 6) is 0.955. The van der Waals surface area contributed by atoms with E-state index in [9.17, 15) is 0 Å². The maximum absolute atomic E-state index is 4.52. The number of fused-ring (bicyclic) bond motifs is 1. The normalized spacial score (nSPS) is 12.7. The zero-order valence-electron chi connectivity index (χ0n) is 12.5. The molecule has 102 valence electrons. The van der Waals surface area contributed by atoms with Crippen LogP contribution < -0.4 is 4.23 Å². The van der Waals surface area contributed by atoms with Crippen LogP contribution in [-0.4, -0.2) is 36.4 Å². The van der Waals surface area contributed by atoms with Gasteiger partial charge < -0.3 is 4.23 Å². The van der Waals surface area contributed by atoms with Gasteiger partial charge in [-0.25, -0.2) is 19.9 Å². The number of nitrogens with zero attached hydrogens (tertiary/aromatic N) is 5. The highest BCUT2D eigenvalue weighted by atomic mass is 28.4. The lowest BCUT2D eigenvalue weighted by atomic mass is 10.5. The van der Waals surface area contributed by atoms with Crippen LogP contribution in [-0.2, 0) is 0 Å². The Bertz CT molecular complexity index is 569. The summed E-state index contributed by atoms with van der Waals surface area (Å²) < 4.78 is 2.54. The highest BCUT2D eigenvalue weighted by Crippen LogP contribution is 2.29. The second-order valence-corrected chi connectivity index (χ2v) is 16.6. The Kier molecular flexibility index (Phi) is 3.44. The van der Waals surface area contributed by atoms with Crippen molar-refractivity contribution in [2.75, 3.05) is 4.23 Å². The molecule has 0 N–H and O–H groups in total. The van der Waals surface area contributed by atoms with Crippen LogP contribution in [0, 0.1) is 0 Å². The third-order valence-corrected chi connectivity index (χ3v) is 9.94. The van der Waals surface area contributed by atoms with Crippen molar-refractivity contribution in [1.29, 1.82) is 0 Å². The number of rotatable bonds is 3. The predicted octanol–water partition coefficient (Wildman–Crippen LogP) is 2.90. The summed E-state index contributed by atoms with van der Waals surface area (Å²) in [6.45, 7) is 14.1. The lowest BCUT2D eigenvalue weighted by molar-refractivity contribution is 1.12. The summed E-state index contributed by atoms with van der Waals surface area (Å²) >= 11 is 0. The van der Waals surface area contributed by atoms with Crippen molar-refractivity contribution in [2.45, 2.75) is 39.3 Å². The molecule has 2 aromatic heterocycles. The minimum Gasteiger partial charge on any atom is -0.408 e. The van der Waals surface area contributed by atoms with Gasteiger partial charge in [-0.2, -0.15) is 0 Å². The molecule has 19 heavy (non-hydrogen) atoms. The van der Waals surface area contributed by atoms with E-state index in [4.69, 9.17) is 0 Å². The Balaban J connectivity index is 2.70. The molecule has 0 amide bonds.